The summed E-state index contributed by atoms with van der Waals surface area (Å²) >= 11 is -2.91. The molecule has 0 N–H and O–H groups in total. The summed E-state index contributed by atoms with van der Waals surface area (Å²) < 4.78 is 4.42. The second-order valence-corrected chi connectivity index (χ2v) is 29.8. The van der Waals surface area contributed by atoms with Gasteiger partial charge in [-0.2, -0.15) is 0 Å². The molecule has 0 amide bonds. The summed E-state index contributed by atoms with van der Waals surface area (Å²) in [7, 11) is 0. The van der Waals surface area contributed by atoms with E-state index in [0.717, 1.165) is 12.8 Å². The molecule has 2 atom stereocenters. The first-order chi connectivity index (χ1) is 20.5. The molecule has 0 spiro atoms. The summed E-state index contributed by atoms with van der Waals surface area (Å²) in [6, 6.07) is 33.2. The zero-order valence-corrected chi connectivity index (χ0v) is 31.9. The molecule has 228 valence electrons. The first kappa shape index (κ1) is 33.2. The molecule has 1 heterocycles. The van der Waals surface area contributed by atoms with Gasteiger partial charge >= 0.3 is 259 Å². The Morgan fingerprint density at radius 2 is 0.977 bits per heavy atom. The van der Waals surface area contributed by atoms with Crippen LogP contribution in [0.3, 0.4) is 0 Å². The van der Waals surface area contributed by atoms with Gasteiger partial charge in [-0.15, -0.1) is 24.8 Å². The Morgan fingerprint density at radius 1 is 0.568 bits per heavy atom. The maximum atomic E-state index is 2.58. The van der Waals surface area contributed by atoms with Crippen LogP contribution in [-0.4, -0.2) is 0 Å². The fraction of sp³-hybridized carbons (Fsp3) is 0.317. The molecular weight excluding hydrogens is 742 g/mol. The molecule has 0 bridgehead atoms. The van der Waals surface area contributed by atoms with E-state index in [0.29, 0.717) is 7.35 Å². The van der Waals surface area contributed by atoms with E-state index < -0.39 is 20.0 Å². The molecule has 0 aromatic heterocycles. The van der Waals surface area contributed by atoms with Crippen molar-refractivity contribution in [1.82, 2.24) is 0 Å². The SMILES string of the molecule is CCCc1ccc(-c2cccc3c2C=C(C)[CH]3[Hf]2([CH]3C(C)=Cc4c(-c5ccc(CCC)cc5)cccc43)[CH2]C[CH2]2)cc1.Cl.Cl. The molecule has 3 aliphatic rings. The van der Waals surface area contributed by atoms with Crippen LogP contribution in [0.15, 0.2) is 96.1 Å². The van der Waals surface area contributed by atoms with Crippen LogP contribution in [0, 0.1) is 0 Å². The number of halogens is 2. The third-order valence-corrected chi connectivity index (χ3v) is 33.6. The zero-order valence-electron chi connectivity index (χ0n) is 26.7. The molecule has 2 aliphatic carbocycles. The number of benzene rings is 4. The van der Waals surface area contributed by atoms with Gasteiger partial charge in [0.2, 0.25) is 0 Å². The number of aryl methyl sites for hydroxylation is 2. The Labute approximate surface area is 282 Å². The van der Waals surface area contributed by atoms with Crippen molar-refractivity contribution in [1.29, 1.82) is 0 Å². The van der Waals surface area contributed by atoms with Crippen LogP contribution in [0.4, 0.5) is 0 Å². The molecule has 1 saturated heterocycles. The summed E-state index contributed by atoms with van der Waals surface area (Å²) in [4.78, 5) is 0. The summed E-state index contributed by atoms with van der Waals surface area (Å²) in [6.45, 7) is 9.45. The summed E-state index contributed by atoms with van der Waals surface area (Å²) in [5.74, 6) is 0. The molecule has 0 nitrogen and oxygen atoms in total. The van der Waals surface area contributed by atoms with Crippen LogP contribution < -0.4 is 0 Å². The van der Waals surface area contributed by atoms with Crippen molar-refractivity contribution in [3.8, 4) is 22.3 Å². The number of fused-ring (bicyclic) bond motifs is 2. The van der Waals surface area contributed by atoms with Crippen molar-refractivity contribution in [3.05, 3.63) is 129 Å². The number of hydrogen-bond acceptors (Lipinski definition) is 0. The van der Waals surface area contributed by atoms with Gasteiger partial charge in [-0.05, 0) is 0 Å². The van der Waals surface area contributed by atoms with Gasteiger partial charge in [0, 0.05) is 0 Å². The van der Waals surface area contributed by atoms with E-state index in [1.54, 1.807) is 22.3 Å². The molecule has 2 unspecified atom stereocenters. The van der Waals surface area contributed by atoms with E-state index in [1.807, 2.05) is 0 Å². The van der Waals surface area contributed by atoms with Crippen LogP contribution in [0.5, 0.6) is 0 Å². The maximum absolute atomic E-state index is 2.91. The van der Waals surface area contributed by atoms with E-state index in [1.165, 1.54) is 72.1 Å². The largest absolute Gasteiger partial charge is 0.147 e. The Hall–Kier alpha value is -2.19. The van der Waals surface area contributed by atoms with Gasteiger partial charge in [-0.25, -0.2) is 0 Å². The van der Waals surface area contributed by atoms with E-state index in [-0.39, 0.29) is 24.8 Å². The van der Waals surface area contributed by atoms with Crippen LogP contribution in [0.25, 0.3) is 34.4 Å². The van der Waals surface area contributed by atoms with Gasteiger partial charge in [0.05, 0.1) is 0 Å². The van der Waals surface area contributed by atoms with Gasteiger partial charge in [0.1, 0.15) is 0 Å². The first-order valence-electron chi connectivity index (χ1n) is 16.3. The van der Waals surface area contributed by atoms with Gasteiger partial charge in [-0.3, -0.25) is 0 Å². The standard InChI is InChI=1S/2C19H19.C3H6.2ClH.Hf/c2*1-3-5-15-8-10-16(11-9-15)18-7-4-6-17-12-14(2)13-19(17)18;1-3-2;;;/h2*4,6-13H,3,5H2,1-2H3;1-3H2;2*1H;. The van der Waals surface area contributed by atoms with Crippen LogP contribution in [0.1, 0.15) is 87.7 Å². The van der Waals surface area contributed by atoms with Gasteiger partial charge in [-0.1, -0.05) is 0 Å². The minimum absolute atomic E-state index is 0. The third-order valence-electron chi connectivity index (χ3n) is 10.6. The van der Waals surface area contributed by atoms with Crippen molar-refractivity contribution in [2.75, 3.05) is 0 Å². The molecule has 7 rings (SSSR count). The molecule has 0 saturated carbocycles. The minimum Gasteiger partial charge on any atom is -0.147 e. The van der Waals surface area contributed by atoms with E-state index in [9.17, 15) is 0 Å². The van der Waals surface area contributed by atoms with Crippen molar-refractivity contribution >= 4 is 37.0 Å². The van der Waals surface area contributed by atoms with Gasteiger partial charge in [0.15, 0.2) is 0 Å². The topological polar surface area (TPSA) is 0 Å². The minimum atomic E-state index is -2.91. The summed E-state index contributed by atoms with van der Waals surface area (Å²) in [6.07, 6.45) is 11.3. The molecule has 0 radical (unpaired) electrons. The van der Waals surface area contributed by atoms with Crippen molar-refractivity contribution < 1.29 is 20.0 Å². The fourth-order valence-electron chi connectivity index (χ4n) is 8.74. The fourth-order valence-corrected chi connectivity index (χ4v) is 31.7. The molecule has 1 fully saturated rings. The monoisotopic (exact) mass is 788 g/mol. The molecule has 4 aromatic carbocycles. The predicted octanol–water partition coefficient (Wildman–Crippen LogP) is 12.8. The number of allylic oxidation sites excluding steroid dienone is 2. The predicted molar refractivity (Wildman–Crippen MR) is 193 cm³/mol. The Kier molecular flexibility index (Phi) is 10.3. The third kappa shape index (κ3) is 5.56. The second-order valence-electron chi connectivity index (χ2n) is 13.2. The average molecular weight is 788 g/mol. The molecule has 1 aliphatic heterocycles. The molecular formula is C41H46Cl2Hf. The molecule has 4 aromatic rings. The summed E-state index contributed by atoms with van der Waals surface area (Å²) in [5, 5.41) is 0. The van der Waals surface area contributed by atoms with E-state index >= 15 is 0 Å². The normalized spacial score (nSPS) is 19.1. The average Bonchev–Trinajstić information content (AvgIpc) is 3.50. The number of rotatable bonds is 8. The van der Waals surface area contributed by atoms with Crippen molar-refractivity contribution in [2.24, 2.45) is 0 Å². The Bertz CT molecular complexity index is 1570. The van der Waals surface area contributed by atoms with Crippen molar-refractivity contribution in [3.63, 3.8) is 0 Å². The van der Waals surface area contributed by atoms with Gasteiger partial charge in [0.25, 0.3) is 0 Å². The Morgan fingerprint density at radius 3 is 1.32 bits per heavy atom. The maximum Gasteiger partial charge on any atom is -0.147 e. The first-order valence-corrected chi connectivity index (χ1v) is 25.6. The molecule has 44 heavy (non-hydrogen) atoms. The smallest absolute Gasteiger partial charge is 0.147 e. The zero-order chi connectivity index (χ0) is 28.8. The van der Waals surface area contributed by atoms with Crippen LogP contribution >= 0.6 is 24.8 Å². The van der Waals surface area contributed by atoms with Crippen LogP contribution in [0.2, 0.25) is 8.35 Å². The summed E-state index contributed by atoms with van der Waals surface area (Å²) in [5.41, 5.74) is 18.1. The van der Waals surface area contributed by atoms with E-state index in [4.69, 9.17) is 0 Å². The quantitative estimate of drug-likeness (QED) is 0.156. The van der Waals surface area contributed by atoms with E-state index in [2.05, 4.69) is 125 Å². The molecule has 3 heteroatoms. The second kappa shape index (κ2) is 13.7. The van der Waals surface area contributed by atoms with Gasteiger partial charge < -0.3 is 0 Å². The van der Waals surface area contributed by atoms with Crippen LogP contribution in [-0.2, 0) is 32.8 Å². The van der Waals surface area contributed by atoms with Crippen molar-refractivity contribution in [2.45, 2.75) is 75.5 Å². The Balaban J connectivity index is 0.00000192. The number of hydrogen-bond donors (Lipinski definition) is 0.